The van der Waals surface area contributed by atoms with Gasteiger partial charge in [-0.3, -0.25) is 0 Å². The average molecular weight is 272 g/mol. The van der Waals surface area contributed by atoms with Crippen molar-refractivity contribution in [2.45, 2.75) is 19.4 Å². The maximum absolute atomic E-state index is 8.78. The van der Waals surface area contributed by atoms with Crippen molar-refractivity contribution in [1.29, 1.82) is 5.26 Å². The molecule has 1 atom stereocenters. The molecule has 0 amide bonds. The summed E-state index contributed by atoms with van der Waals surface area (Å²) in [5.74, 6) is 1.38. The molecule has 2 heterocycles. The fourth-order valence-electron chi connectivity index (χ4n) is 1.58. The summed E-state index contributed by atoms with van der Waals surface area (Å²) in [6, 6.07) is 3.95. The Kier molecular flexibility index (Phi) is 4.10. The van der Waals surface area contributed by atoms with Crippen LogP contribution in [0.5, 0.6) is 0 Å². The monoisotopic (exact) mass is 272 g/mol. The number of nitriles is 1. The van der Waals surface area contributed by atoms with Crippen molar-refractivity contribution >= 4 is 11.9 Å². The Morgan fingerprint density at radius 2 is 2.25 bits per heavy atom. The third-order valence-corrected chi connectivity index (χ3v) is 2.91. The van der Waals surface area contributed by atoms with E-state index in [0.717, 1.165) is 0 Å². The first-order valence-electron chi connectivity index (χ1n) is 6.19. The van der Waals surface area contributed by atoms with Crippen LogP contribution in [0.2, 0.25) is 0 Å². The third-order valence-electron chi connectivity index (χ3n) is 2.91. The van der Waals surface area contributed by atoms with E-state index in [1.807, 2.05) is 18.9 Å². The molecule has 0 aliphatic rings. The topological polar surface area (TPSA) is 95.6 Å². The van der Waals surface area contributed by atoms with Gasteiger partial charge in [-0.1, -0.05) is 0 Å². The van der Waals surface area contributed by atoms with Crippen LogP contribution < -0.4 is 10.2 Å². The Bertz CT molecular complexity index is 600. The lowest BCUT2D eigenvalue weighted by atomic mass is 10.2. The second-order valence-corrected chi connectivity index (χ2v) is 4.28. The highest BCUT2D eigenvalue weighted by Gasteiger charge is 2.15. The van der Waals surface area contributed by atoms with Crippen LogP contribution in [0, 0.1) is 11.3 Å². The van der Waals surface area contributed by atoms with Crippen molar-refractivity contribution < 1.29 is 0 Å². The Hall–Kier alpha value is -2.69. The van der Waals surface area contributed by atoms with Crippen LogP contribution in [0.1, 0.15) is 13.3 Å². The second kappa shape index (κ2) is 5.97. The molecule has 0 aliphatic carbocycles. The fourth-order valence-corrected chi connectivity index (χ4v) is 1.58. The van der Waals surface area contributed by atoms with Crippen LogP contribution in [0.25, 0.3) is 5.95 Å². The summed E-state index contributed by atoms with van der Waals surface area (Å²) in [4.78, 5) is 14.8. The largest absolute Gasteiger partial charge is 0.357 e. The van der Waals surface area contributed by atoms with E-state index >= 15 is 0 Å². The van der Waals surface area contributed by atoms with Gasteiger partial charge in [-0.05, 0) is 13.0 Å². The molecule has 1 N–H and O–H groups in total. The van der Waals surface area contributed by atoms with Crippen LogP contribution >= 0.6 is 0 Å². The highest BCUT2D eigenvalue weighted by Crippen LogP contribution is 2.14. The van der Waals surface area contributed by atoms with Crippen LogP contribution in [-0.4, -0.2) is 44.9 Å². The lowest BCUT2D eigenvalue weighted by molar-refractivity contribution is 0.675. The zero-order valence-corrected chi connectivity index (χ0v) is 11.6. The molecule has 2 rings (SSSR count). The highest BCUT2D eigenvalue weighted by atomic mass is 15.4. The quantitative estimate of drug-likeness (QED) is 0.861. The molecular formula is C12H16N8. The molecule has 0 saturated carbocycles. The van der Waals surface area contributed by atoms with Gasteiger partial charge in [0.2, 0.25) is 11.9 Å². The number of anilines is 2. The van der Waals surface area contributed by atoms with Crippen molar-refractivity contribution in [3.63, 3.8) is 0 Å². The van der Waals surface area contributed by atoms with Crippen LogP contribution in [-0.2, 0) is 0 Å². The Balaban J connectivity index is 2.38. The van der Waals surface area contributed by atoms with Gasteiger partial charge in [0, 0.05) is 32.5 Å². The van der Waals surface area contributed by atoms with E-state index in [9.17, 15) is 0 Å². The Morgan fingerprint density at radius 1 is 1.45 bits per heavy atom. The average Bonchev–Trinajstić information content (AvgIpc) is 3.00. The fraction of sp³-hybridized carbons (Fsp3) is 0.417. The van der Waals surface area contributed by atoms with Gasteiger partial charge >= 0.3 is 0 Å². The molecule has 0 aliphatic heterocycles. The maximum Gasteiger partial charge on any atom is 0.257 e. The second-order valence-electron chi connectivity index (χ2n) is 4.28. The Labute approximate surface area is 117 Å². The third kappa shape index (κ3) is 2.83. The molecule has 20 heavy (non-hydrogen) atoms. The summed E-state index contributed by atoms with van der Waals surface area (Å²) in [6.07, 6.45) is 3.82. The summed E-state index contributed by atoms with van der Waals surface area (Å²) < 4.78 is 1.56. The molecule has 0 aromatic carbocycles. The molecule has 0 saturated heterocycles. The van der Waals surface area contributed by atoms with Crippen molar-refractivity contribution in [2.24, 2.45) is 0 Å². The van der Waals surface area contributed by atoms with Crippen molar-refractivity contribution in [1.82, 2.24) is 24.7 Å². The molecule has 0 bridgehead atoms. The number of hydrogen-bond acceptors (Lipinski definition) is 7. The lowest BCUT2D eigenvalue weighted by Gasteiger charge is -2.23. The predicted octanol–water partition coefficient (Wildman–Crippen LogP) is 0.837. The Morgan fingerprint density at radius 3 is 2.85 bits per heavy atom. The van der Waals surface area contributed by atoms with Crippen LogP contribution in [0.4, 0.5) is 11.9 Å². The molecule has 8 nitrogen and oxygen atoms in total. The minimum atomic E-state index is 0.0116. The number of nitrogens with one attached hydrogen (secondary N) is 1. The summed E-state index contributed by atoms with van der Waals surface area (Å²) in [7, 11) is 3.59. The number of hydrogen-bond donors (Lipinski definition) is 1. The van der Waals surface area contributed by atoms with Crippen molar-refractivity contribution in [2.75, 3.05) is 24.3 Å². The summed E-state index contributed by atoms with van der Waals surface area (Å²) >= 11 is 0. The van der Waals surface area contributed by atoms with E-state index in [1.54, 1.807) is 30.2 Å². The van der Waals surface area contributed by atoms with Gasteiger partial charge in [-0.15, -0.1) is 0 Å². The normalized spacial score (nSPS) is 11.7. The molecule has 2 aromatic heterocycles. The molecular weight excluding hydrogens is 256 g/mol. The van der Waals surface area contributed by atoms with Gasteiger partial charge in [0.25, 0.3) is 5.95 Å². The van der Waals surface area contributed by atoms with Gasteiger partial charge in [0.1, 0.15) is 0 Å². The van der Waals surface area contributed by atoms with Gasteiger partial charge in [-0.25, -0.2) is 4.68 Å². The molecule has 2 aromatic rings. The maximum atomic E-state index is 8.78. The molecule has 0 fully saturated rings. The van der Waals surface area contributed by atoms with Gasteiger partial charge in [0.15, 0.2) is 0 Å². The summed E-state index contributed by atoms with van der Waals surface area (Å²) in [6.45, 7) is 1.94. The van der Waals surface area contributed by atoms with Gasteiger partial charge in [0.05, 0.1) is 12.5 Å². The number of aromatic nitrogens is 5. The van der Waals surface area contributed by atoms with Crippen LogP contribution in [0.3, 0.4) is 0 Å². The molecule has 8 heteroatoms. The van der Waals surface area contributed by atoms with E-state index in [4.69, 9.17) is 5.26 Å². The number of nitrogens with zero attached hydrogens (tertiary/aromatic N) is 7. The molecule has 0 radical (unpaired) electrons. The first-order chi connectivity index (χ1) is 9.65. The molecule has 104 valence electrons. The molecule has 0 spiro atoms. The van der Waals surface area contributed by atoms with Gasteiger partial charge in [-0.2, -0.15) is 25.3 Å². The SMILES string of the molecule is CNc1nc(N(C)C(C)CC#N)nc(-n2cccn2)n1. The minimum Gasteiger partial charge on any atom is -0.357 e. The zero-order chi connectivity index (χ0) is 14.5. The smallest absolute Gasteiger partial charge is 0.257 e. The number of rotatable bonds is 5. The predicted molar refractivity (Wildman–Crippen MR) is 74.6 cm³/mol. The first-order valence-corrected chi connectivity index (χ1v) is 6.19. The molecule has 1 unspecified atom stereocenters. The van der Waals surface area contributed by atoms with E-state index in [-0.39, 0.29) is 6.04 Å². The highest BCUT2D eigenvalue weighted by molar-refractivity contribution is 5.39. The van der Waals surface area contributed by atoms with Crippen molar-refractivity contribution in [3.8, 4) is 12.0 Å². The standard InChI is InChI=1S/C12H16N8/c1-9(5-6-13)19(3)11-16-10(14-2)17-12(18-11)20-8-4-7-15-20/h4,7-9H,5H2,1-3H3,(H,14,16,17,18). The van der Waals surface area contributed by atoms with E-state index in [1.165, 1.54) is 0 Å². The van der Waals surface area contributed by atoms with E-state index in [2.05, 4.69) is 31.4 Å². The minimum absolute atomic E-state index is 0.0116. The first kappa shape index (κ1) is 13.7. The van der Waals surface area contributed by atoms with Crippen LogP contribution in [0.15, 0.2) is 18.5 Å². The van der Waals surface area contributed by atoms with E-state index < -0.39 is 0 Å². The summed E-state index contributed by atoms with van der Waals surface area (Å²) in [5.41, 5.74) is 0. The lowest BCUT2D eigenvalue weighted by Crippen LogP contribution is -2.30. The van der Waals surface area contributed by atoms with Gasteiger partial charge < -0.3 is 10.2 Å². The van der Waals surface area contributed by atoms with Crippen molar-refractivity contribution in [3.05, 3.63) is 18.5 Å². The summed E-state index contributed by atoms with van der Waals surface area (Å²) in [5, 5.41) is 15.8. The zero-order valence-electron chi connectivity index (χ0n) is 11.6. The van der Waals surface area contributed by atoms with E-state index in [0.29, 0.717) is 24.3 Å².